The van der Waals surface area contributed by atoms with E-state index in [1.54, 1.807) is 0 Å². The molecule has 0 spiro atoms. The first-order valence-electron chi connectivity index (χ1n) is 7.03. The molecule has 0 aliphatic carbocycles. The Balaban J connectivity index is 2.52. The van der Waals surface area contributed by atoms with Crippen LogP contribution in [0.3, 0.4) is 0 Å². The number of benzene rings is 2. The molecule has 104 valence electrons. The van der Waals surface area contributed by atoms with Crippen molar-refractivity contribution in [1.82, 2.24) is 0 Å². The third kappa shape index (κ3) is 3.26. The molecule has 2 aromatic rings. The number of halogens is 1. The van der Waals surface area contributed by atoms with Crippen LogP contribution in [-0.4, -0.2) is 12.0 Å². The van der Waals surface area contributed by atoms with Gasteiger partial charge >= 0.3 is 0 Å². The Morgan fingerprint density at radius 3 is 2.55 bits per heavy atom. The number of alkyl halides is 1. The van der Waals surface area contributed by atoms with Crippen molar-refractivity contribution >= 4 is 22.4 Å². The predicted octanol–water partition coefficient (Wildman–Crippen LogP) is 5.00. The van der Waals surface area contributed by atoms with Crippen LogP contribution in [0.1, 0.15) is 32.3 Å². The summed E-state index contributed by atoms with van der Waals surface area (Å²) >= 11 is 5.70. The summed E-state index contributed by atoms with van der Waals surface area (Å²) in [6.07, 6.45) is 2.21. The van der Waals surface area contributed by atoms with E-state index >= 15 is 0 Å². The lowest BCUT2D eigenvalue weighted by atomic mass is 10.0. The van der Waals surface area contributed by atoms with E-state index in [9.17, 15) is 0 Å². The SMILES string of the molecule is CCC(CC)Oc1ccc2ccccc2c1C#CCCl. The fourth-order valence-electron chi connectivity index (χ4n) is 2.24. The maximum atomic E-state index is 6.10. The minimum Gasteiger partial charge on any atom is -0.489 e. The molecule has 0 heterocycles. The summed E-state index contributed by atoms with van der Waals surface area (Å²) < 4.78 is 6.10. The highest BCUT2D eigenvalue weighted by molar-refractivity contribution is 6.19. The summed E-state index contributed by atoms with van der Waals surface area (Å²) in [7, 11) is 0. The van der Waals surface area contributed by atoms with Crippen LogP contribution in [0.25, 0.3) is 10.8 Å². The number of ether oxygens (including phenoxy) is 1. The van der Waals surface area contributed by atoms with Crippen LogP contribution in [0.15, 0.2) is 36.4 Å². The van der Waals surface area contributed by atoms with Gasteiger partial charge in [-0.25, -0.2) is 0 Å². The van der Waals surface area contributed by atoms with E-state index in [2.05, 4.69) is 43.9 Å². The molecule has 0 bridgehead atoms. The van der Waals surface area contributed by atoms with E-state index in [-0.39, 0.29) is 6.10 Å². The fraction of sp³-hybridized carbons (Fsp3) is 0.333. The summed E-state index contributed by atoms with van der Waals surface area (Å²) in [6, 6.07) is 12.3. The van der Waals surface area contributed by atoms with Gasteiger partial charge < -0.3 is 4.74 Å². The van der Waals surface area contributed by atoms with Gasteiger partial charge in [-0.3, -0.25) is 0 Å². The Kier molecular flexibility index (Phi) is 5.32. The highest BCUT2D eigenvalue weighted by Crippen LogP contribution is 2.28. The number of fused-ring (bicyclic) bond motifs is 1. The molecule has 0 unspecified atom stereocenters. The Morgan fingerprint density at radius 2 is 1.85 bits per heavy atom. The molecule has 0 aromatic heterocycles. The minimum absolute atomic E-state index is 0.229. The smallest absolute Gasteiger partial charge is 0.135 e. The Hall–Kier alpha value is -1.65. The van der Waals surface area contributed by atoms with Crippen LogP contribution >= 0.6 is 11.6 Å². The lowest BCUT2D eigenvalue weighted by Gasteiger charge is -2.17. The van der Waals surface area contributed by atoms with Gasteiger partial charge in [0.25, 0.3) is 0 Å². The van der Waals surface area contributed by atoms with Crippen molar-refractivity contribution in [3.63, 3.8) is 0 Å². The molecule has 0 aliphatic heterocycles. The van der Waals surface area contributed by atoms with Crippen molar-refractivity contribution in [2.75, 3.05) is 5.88 Å². The molecule has 20 heavy (non-hydrogen) atoms. The van der Waals surface area contributed by atoms with E-state index in [4.69, 9.17) is 16.3 Å². The van der Waals surface area contributed by atoms with Crippen LogP contribution in [0.5, 0.6) is 5.75 Å². The molecule has 0 amide bonds. The van der Waals surface area contributed by atoms with Crippen molar-refractivity contribution in [2.24, 2.45) is 0 Å². The van der Waals surface area contributed by atoms with Gasteiger partial charge in [-0.05, 0) is 24.3 Å². The topological polar surface area (TPSA) is 9.23 Å². The second kappa shape index (κ2) is 7.22. The molecule has 1 nitrogen and oxygen atoms in total. The molecule has 0 radical (unpaired) electrons. The second-order valence-electron chi connectivity index (χ2n) is 4.65. The van der Waals surface area contributed by atoms with E-state index in [0.29, 0.717) is 5.88 Å². The number of hydrogen-bond acceptors (Lipinski definition) is 1. The van der Waals surface area contributed by atoms with Crippen molar-refractivity contribution in [1.29, 1.82) is 0 Å². The Bertz CT molecular complexity index is 633. The van der Waals surface area contributed by atoms with Gasteiger partial charge in [-0.2, -0.15) is 0 Å². The second-order valence-corrected chi connectivity index (χ2v) is 4.92. The van der Waals surface area contributed by atoms with Crippen LogP contribution in [0.4, 0.5) is 0 Å². The fourth-order valence-corrected chi connectivity index (χ4v) is 2.30. The molecule has 2 heteroatoms. The third-order valence-corrected chi connectivity index (χ3v) is 3.51. The first-order valence-corrected chi connectivity index (χ1v) is 7.56. The van der Waals surface area contributed by atoms with Crippen LogP contribution in [-0.2, 0) is 0 Å². The average Bonchev–Trinajstić information content (AvgIpc) is 2.51. The third-order valence-electron chi connectivity index (χ3n) is 3.38. The summed E-state index contributed by atoms with van der Waals surface area (Å²) in [5.41, 5.74) is 0.940. The van der Waals surface area contributed by atoms with Crippen LogP contribution in [0, 0.1) is 11.8 Å². The largest absolute Gasteiger partial charge is 0.489 e. The minimum atomic E-state index is 0.229. The average molecular weight is 287 g/mol. The van der Waals surface area contributed by atoms with Gasteiger partial charge in [0.2, 0.25) is 0 Å². The molecule has 2 rings (SSSR count). The highest BCUT2D eigenvalue weighted by Gasteiger charge is 2.11. The van der Waals surface area contributed by atoms with E-state index < -0.39 is 0 Å². The van der Waals surface area contributed by atoms with Crippen molar-refractivity contribution in [3.8, 4) is 17.6 Å². The number of hydrogen-bond donors (Lipinski definition) is 0. The van der Waals surface area contributed by atoms with Crippen molar-refractivity contribution < 1.29 is 4.74 Å². The zero-order chi connectivity index (χ0) is 14.4. The first-order chi connectivity index (χ1) is 9.80. The molecule has 0 saturated heterocycles. The molecule has 0 saturated carbocycles. The zero-order valence-corrected chi connectivity index (χ0v) is 12.7. The van der Waals surface area contributed by atoms with Gasteiger partial charge in [0.1, 0.15) is 5.75 Å². The number of rotatable bonds is 4. The standard InChI is InChI=1S/C18H19ClO/c1-3-15(4-2)20-18-12-11-14-8-5-6-9-16(14)17(18)10-7-13-19/h5-6,8-9,11-12,15H,3-4,13H2,1-2H3. The summed E-state index contributed by atoms with van der Waals surface area (Å²) in [5.74, 6) is 7.28. The van der Waals surface area contributed by atoms with Crippen molar-refractivity contribution in [2.45, 2.75) is 32.8 Å². The predicted molar refractivity (Wildman–Crippen MR) is 86.5 cm³/mol. The quantitative estimate of drug-likeness (QED) is 0.568. The molecular weight excluding hydrogens is 268 g/mol. The molecule has 0 aliphatic rings. The maximum Gasteiger partial charge on any atom is 0.135 e. The Labute approximate surface area is 125 Å². The summed E-state index contributed by atoms with van der Waals surface area (Å²) in [6.45, 7) is 4.28. The summed E-state index contributed by atoms with van der Waals surface area (Å²) in [4.78, 5) is 0. The van der Waals surface area contributed by atoms with Gasteiger partial charge in [0.05, 0.1) is 17.5 Å². The first kappa shape index (κ1) is 14.8. The molecular formula is C18H19ClO. The van der Waals surface area contributed by atoms with E-state index in [1.165, 1.54) is 5.39 Å². The van der Waals surface area contributed by atoms with Gasteiger partial charge in [0.15, 0.2) is 0 Å². The van der Waals surface area contributed by atoms with Gasteiger partial charge in [-0.1, -0.05) is 56.0 Å². The monoisotopic (exact) mass is 286 g/mol. The van der Waals surface area contributed by atoms with Gasteiger partial charge in [0, 0.05) is 5.39 Å². The lowest BCUT2D eigenvalue weighted by Crippen LogP contribution is -2.14. The molecule has 2 aromatic carbocycles. The normalized spacial score (nSPS) is 10.4. The maximum absolute atomic E-state index is 6.10. The van der Waals surface area contributed by atoms with Gasteiger partial charge in [-0.15, -0.1) is 11.6 Å². The molecule has 0 N–H and O–H groups in total. The highest BCUT2D eigenvalue weighted by atomic mass is 35.5. The molecule has 0 fully saturated rings. The van der Waals surface area contributed by atoms with Crippen LogP contribution in [0.2, 0.25) is 0 Å². The van der Waals surface area contributed by atoms with E-state index in [0.717, 1.165) is 29.5 Å². The summed E-state index contributed by atoms with van der Waals surface area (Å²) in [5, 5.41) is 2.29. The zero-order valence-electron chi connectivity index (χ0n) is 11.9. The van der Waals surface area contributed by atoms with E-state index in [1.807, 2.05) is 18.2 Å². The Morgan fingerprint density at radius 1 is 1.10 bits per heavy atom. The van der Waals surface area contributed by atoms with Crippen molar-refractivity contribution in [3.05, 3.63) is 42.0 Å². The van der Waals surface area contributed by atoms with Crippen LogP contribution < -0.4 is 4.74 Å². The lowest BCUT2D eigenvalue weighted by molar-refractivity contribution is 0.192. The molecule has 0 atom stereocenters.